The molecule has 0 aliphatic heterocycles. The molecule has 1 aliphatic carbocycles. The first-order chi connectivity index (χ1) is 10.1. The Morgan fingerprint density at radius 1 is 1.38 bits per heavy atom. The molecule has 0 aromatic carbocycles. The van der Waals surface area contributed by atoms with Crippen molar-refractivity contribution in [2.24, 2.45) is 5.92 Å². The highest BCUT2D eigenvalue weighted by Gasteiger charge is 2.32. The Balaban J connectivity index is 1.69. The van der Waals surface area contributed by atoms with Gasteiger partial charge >= 0.3 is 0 Å². The molecule has 1 aromatic rings. The summed E-state index contributed by atoms with van der Waals surface area (Å²) >= 11 is 0. The molecule has 1 aromatic heterocycles. The van der Waals surface area contributed by atoms with E-state index in [1.54, 1.807) is 12.4 Å². The van der Waals surface area contributed by atoms with Gasteiger partial charge in [-0.2, -0.15) is 0 Å². The van der Waals surface area contributed by atoms with Crippen LogP contribution in [0.2, 0.25) is 0 Å². The first-order valence-electron chi connectivity index (χ1n) is 7.99. The minimum absolute atomic E-state index is 0.0119. The smallest absolute Gasteiger partial charge is 0.220 e. The average Bonchev–Trinajstić information content (AvgIpc) is 2.53. The zero-order chi connectivity index (χ0) is 15.1. The fourth-order valence-electron chi connectivity index (χ4n) is 2.96. The number of rotatable bonds is 6. The number of aromatic nitrogens is 1. The lowest BCUT2D eigenvalue weighted by atomic mass is 9.78. The molecule has 0 unspecified atom stereocenters. The molecule has 0 radical (unpaired) electrons. The fourth-order valence-corrected chi connectivity index (χ4v) is 2.96. The molecule has 0 saturated heterocycles. The largest absolute Gasteiger partial charge is 0.388 e. The van der Waals surface area contributed by atoms with Gasteiger partial charge in [-0.1, -0.05) is 13.3 Å². The van der Waals surface area contributed by atoms with Gasteiger partial charge < -0.3 is 10.4 Å². The molecule has 4 heteroatoms. The molecule has 4 nitrogen and oxygen atoms in total. The molecule has 0 bridgehead atoms. The van der Waals surface area contributed by atoms with Gasteiger partial charge in [-0.25, -0.2) is 0 Å². The van der Waals surface area contributed by atoms with E-state index in [4.69, 9.17) is 0 Å². The molecule has 2 rings (SSSR count). The Hall–Kier alpha value is -1.42. The Labute approximate surface area is 127 Å². The second-order valence-electron chi connectivity index (χ2n) is 6.21. The SMILES string of the molecule is CCC1CCC(O)(CNC(=O)CCc2ccncc2)CC1. The Bertz CT molecular complexity index is 439. The first kappa shape index (κ1) is 16.0. The van der Waals surface area contributed by atoms with Crippen LogP contribution in [-0.2, 0) is 11.2 Å². The number of aryl methyl sites for hydroxylation is 1. The minimum Gasteiger partial charge on any atom is -0.388 e. The lowest BCUT2D eigenvalue weighted by molar-refractivity contribution is -0.122. The first-order valence-corrected chi connectivity index (χ1v) is 7.99. The van der Waals surface area contributed by atoms with Gasteiger partial charge in [0.25, 0.3) is 0 Å². The van der Waals surface area contributed by atoms with Crippen LogP contribution >= 0.6 is 0 Å². The third-order valence-corrected chi connectivity index (χ3v) is 4.62. The zero-order valence-corrected chi connectivity index (χ0v) is 12.8. The van der Waals surface area contributed by atoms with E-state index in [-0.39, 0.29) is 5.91 Å². The Morgan fingerprint density at radius 3 is 2.67 bits per heavy atom. The summed E-state index contributed by atoms with van der Waals surface area (Å²) in [6.45, 7) is 2.59. The quantitative estimate of drug-likeness (QED) is 0.846. The summed E-state index contributed by atoms with van der Waals surface area (Å²) in [4.78, 5) is 15.8. The highest BCUT2D eigenvalue weighted by molar-refractivity contribution is 5.76. The monoisotopic (exact) mass is 290 g/mol. The summed E-state index contributed by atoms with van der Waals surface area (Å²) in [7, 11) is 0. The minimum atomic E-state index is -0.696. The van der Waals surface area contributed by atoms with Crippen molar-refractivity contribution in [3.8, 4) is 0 Å². The fraction of sp³-hybridized carbons (Fsp3) is 0.647. The molecule has 1 heterocycles. The standard InChI is InChI=1S/C17H26N2O2/c1-2-14-5-9-17(21,10-6-14)13-19-16(20)4-3-15-7-11-18-12-8-15/h7-8,11-12,14,21H,2-6,9-10,13H2,1H3,(H,19,20). The van der Waals surface area contributed by atoms with Gasteiger partial charge in [-0.15, -0.1) is 0 Å². The summed E-state index contributed by atoms with van der Waals surface area (Å²) < 4.78 is 0. The molecule has 0 atom stereocenters. The molecule has 1 aliphatic rings. The van der Waals surface area contributed by atoms with Crippen LogP contribution in [0.1, 0.15) is 51.0 Å². The number of pyridine rings is 1. The van der Waals surface area contributed by atoms with E-state index in [0.717, 1.165) is 37.2 Å². The van der Waals surface area contributed by atoms with Crippen molar-refractivity contribution in [2.75, 3.05) is 6.54 Å². The molecular weight excluding hydrogens is 264 g/mol. The lowest BCUT2D eigenvalue weighted by Gasteiger charge is -2.35. The third-order valence-electron chi connectivity index (χ3n) is 4.62. The van der Waals surface area contributed by atoms with Crippen molar-refractivity contribution >= 4 is 5.91 Å². The van der Waals surface area contributed by atoms with Crippen LogP contribution in [-0.4, -0.2) is 28.1 Å². The maximum Gasteiger partial charge on any atom is 0.220 e. The van der Waals surface area contributed by atoms with E-state index in [0.29, 0.717) is 19.4 Å². The molecule has 21 heavy (non-hydrogen) atoms. The summed E-state index contributed by atoms with van der Waals surface area (Å²) in [5.41, 5.74) is 0.417. The van der Waals surface area contributed by atoms with Gasteiger partial charge in [0.1, 0.15) is 0 Å². The molecule has 0 spiro atoms. The van der Waals surface area contributed by atoms with E-state index in [9.17, 15) is 9.90 Å². The van der Waals surface area contributed by atoms with E-state index < -0.39 is 5.60 Å². The van der Waals surface area contributed by atoms with Gasteiger partial charge in [0, 0.05) is 25.4 Å². The van der Waals surface area contributed by atoms with Crippen LogP contribution < -0.4 is 5.32 Å². The summed E-state index contributed by atoms with van der Waals surface area (Å²) in [6, 6.07) is 3.85. The molecule has 116 valence electrons. The maximum absolute atomic E-state index is 11.9. The molecule has 1 amide bonds. The van der Waals surface area contributed by atoms with Gasteiger partial charge in [0.05, 0.1) is 5.60 Å². The second kappa shape index (κ2) is 7.55. The average molecular weight is 290 g/mol. The van der Waals surface area contributed by atoms with Crippen LogP contribution in [0.3, 0.4) is 0 Å². The number of aliphatic hydroxyl groups is 1. The molecular formula is C17H26N2O2. The van der Waals surface area contributed by atoms with E-state index in [1.165, 1.54) is 6.42 Å². The van der Waals surface area contributed by atoms with Crippen LogP contribution in [0.25, 0.3) is 0 Å². The highest BCUT2D eigenvalue weighted by Crippen LogP contribution is 2.33. The number of carbonyl (C=O) groups is 1. The van der Waals surface area contributed by atoms with Crippen LogP contribution in [0, 0.1) is 5.92 Å². The number of nitrogens with one attached hydrogen (secondary N) is 1. The van der Waals surface area contributed by atoms with Crippen molar-refractivity contribution in [1.29, 1.82) is 0 Å². The summed E-state index contributed by atoms with van der Waals surface area (Å²) in [5.74, 6) is 0.755. The number of hydrogen-bond donors (Lipinski definition) is 2. The molecule has 2 N–H and O–H groups in total. The van der Waals surface area contributed by atoms with E-state index in [2.05, 4.69) is 17.2 Å². The van der Waals surface area contributed by atoms with E-state index >= 15 is 0 Å². The number of carbonyl (C=O) groups excluding carboxylic acids is 1. The van der Waals surface area contributed by atoms with Crippen LogP contribution in [0.15, 0.2) is 24.5 Å². The molecule has 1 saturated carbocycles. The lowest BCUT2D eigenvalue weighted by Crippen LogP contribution is -2.45. The second-order valence-corrected chi connectivity index (χ2v) is 6.21. The zero-order valence-electron chi connectivity index (χ0n) is 12.8. The predicted molar refractivity (Wildman–Crippen MR) is 82.8 cm³/mol. The normalized spacial score (nSPS) is 25.5. The molecule has 1 fully saturated rings. The maximum atomic E-state index is 11.9. The van der Waals surface area contributed by atoms with Crippen molar-refractivity contribution in [3.63, 3.8) is 0 Å². The highest BCUT2D eigenvalue weighted by atomic mass is 16.3. The summed E-state index contributed by atoms with van der Waals surface area (Å²) in [5, 5.41) is 13.4. The van der Waals surface area contributed by atoms with Gasteiger partial charge in [0.2, 0.25) is 5.91 Å². The van der Waals surface area contributed by atoms with Gasteiger partial charge in [-0.3, -0.25) is 9.78 Å². The third kappa shape index (κ3) is 5.12. The number of nitrogens with zero attached hydrogens (tertiary/aromatic N) is 1. The van der Waals surface area contributed by atoms with Crippen LogP contribution in [0.4, 0.5) is 0 Å². The topological polar surface area (TPSA) is 62.2 Å². The van der Waals surface area contributed by atoms with Crippen molar-refractivity contribution in [2.45, 2.75) is 57.5 Å². The van der Waals surface area contributed by atoms with Crippen molar-refractivity contribution in [3.05, 3.63) is 30.1 Å². The number of hydrogen-bond acceptors (Lipinski definition) is 3. The number of amides is 1. The van der Waals surface area contributed by atoms with Crippen LogP contribution in [0.5, 0.6) is 0 Å². The Morgan fingerprint density at radius 2 is 2.05 bits per heavy atom. The summed E-state index contributed by atoms with van der Waals surface area (Å²) in [6.07, 6.45) is 9.58. The van der Waals surface area contributed by atoms with Crippen molar-refractivity contribution < 1.29 is 9.90 Å². The van der Waals surface area contributed by atoms with Gasteiger partial charge in [0.15, 0.2) is 0 Å². The van der Waals surface area contributed by atoms with E-state index in [1.807, 2.05) is 12.1 Å². The van der Waals surface area contributed by atoms with Gasteiger partial charge in [-0.05, 0) is 55.7 Å². The predicted octanol–water partition coefficient (Wildman–Crippen LogP) is 2.46. The Kier molecular flexibility index (Phi) is 5.74. The van der Waals surface area contributed by atoms with Crippen molar-refractivity contribution in [1.82, 2.24) is 10.3 Å².